The quantitative estimate of drug-likeness (QED) is 0.411. The molecule has 2 amide bonds. The van der Waals surface area contributed by atoms with E-state index in [2.05, 4.69) is 23.8 Å². The summed E-state index contributed by atoms with van der Waals surface area (Å²) < 4.78 is 1.56. The molecular weight excluding hydrogens is 384 g/mol. The molecule has 0 spiro atoms. The number of thioether (sulfide) groups is 1. The van der Waals surface area contributed by atoms with Gasteiger partial charge in [0, 0.05) is 11.4 Å². The second kappa shape index (κ2) is 8.26. The van der Waals surface area contributed by atoms with Gasteiger partial charge >= 0.3 is 0 Å². The molecule has 3 rings (SSSR count). The highest BCUT2D eigenvalue weighted by Crippen LogP contribution is 2.36. The van der Waals surface area contributed by atoms with Crippen LogP contribution in [0.15, 0.2) is 22.6 Å². The number of carbonyl (C=O) groups excluding carboxylic acids is 2. The Hall–Kier alpha value is -2.13. The maximum atomic E-state index is 13.1. The van der Waals surface area contributed by atoms with Crippen LogP contribution in [-0.2, 0) is 29.0 Å². The summed E-state index contributed by atoms with van der Waals surface area (Å²) in [4.78, 5) is 42.4. The number of nitrogens with two attached hydrogens (primary N) is 1. The fourth-order valence-electron chi connectivity index (χ4n) is 3.17. The lowest BCUT2D eigenvalue weighted by molar-refractivity contribution is -0.123. The van der Waals surface area contributed by atoms with Gasteiger partial charge in [0.15, 0.2) is 5.16 Å². The highest BCUT2D eigenvalue weighted by molar-refractivity contribution is 7.99. The van der Waals surface area contributed by atoms with Crippen molar-refractivity contribution in [2.75, 3.05) is 12.3 Å². The van der Waals surface area contributed by atoms with E-state index in [9.17, 15) is 14.4 Å². The topological polar surface area (TPSA) is 107 Å². The van der Waals surface area contributed by atoms with Gasteiger partial charge in [-0.1, -0.05) is 24.8 Å². The number of thiophene rings is 1. The lowest BCUT2D eigenvalue weighted by atomic mass is 9.89. The summed E-state index contributed by atoms with van der Waals surface area (Å²) >= 11 is 2.75. The number of aromatic nitrogens is 2. The number of aryl methyl sites for hydroxylation is 1. The molecule has 1 aliphatic rings. The third-order valence-electron chi connectivity index (χ3n) is 4.48. The molecule has 0 aromatic carbocycles. The Morgan fingerprint density at radius 1 is 1.52 bits per heavy atom. The molecule has 0 saturated carbocycles. The van der Waals surface area contributed by atoms with Crippen molar-refractivity contribution in [3.8, 4) is 0 Å². The summed E-state index contributed by atoms with van der Waals surface area (Å²) in [6.07, 6.45) is 4.61. The van der Waals surface area contributed by atoms with Crippen LogP contribution in [0.4, 0.5) is 0 Å². The normalized spacial score (nSPS) is 16.1. The minimum Gasteiger partial charge on any atom is -0.368 e. The average molecular weight is 407 g/mol. The first-order valence-electron chi connectivity index (χ1n) is 8.74. The van der Waals surface area contributed by atoms with Crippen LogP contribution in [-0.4, -0.2) is 33.7 Å². The molecule has 0 fully saturated rings. The number of fused-ring (bicyclic) bond motifs is 3. The third-order valence-corrected chi connectivity index (χ3v) is 6.61. The first-order chi connectivity index (χ1) is 12.9. The number of amides is 2. The number of allylic oxidation sites excluding steroid dienone is 1. The van der Waals surface area contributed by atoms with Crippen molar-refractivity contribution in [1.29, 1.82) is 0 Å². The van der Waals surface area contributed by atoms with Gasteiger partial charge in [0.25, 0.3) is 5.56 Å². The zero-order chi connectivity index (χ0) is 19.6. The van der Waals surface area contributed by atoms with E-state index in [0.717, 1.165) is 29.7 Å². The second-order valence-electron chi connectivity index (χ2n) is 6.66. The van der Waals surface area contributed by atoms with Gasteiger partial charge in [-0.25, -0.2) is 4.98 Å². The SMILES string of the molecule is C=CCn1c(SCC(=O)NCC(N)=O)nc2sc3c(c2c1=O)CC[C@@H](C)C3. The lowest BCUT2D eigenvalue weighted by Gasteiger charge is -2.17. The molecule has 0 aliphatic heterocycles. The Balaban J connectivity index is 1.93. The van der Waals surface area contributed by atoms with Gasteiger partial charge in [-0.3, -0.25) is 19.0 Å². The molecule has 7 nitrogen and oxygen atoms in total. The van der Waals surface area contributed by atoms with Gasteiger partial charge in [-0.2, -0.15) is 0 Å². The third kappa shape index (κ3) is 4.24. The van der Waals surface area contributed by atoms with Crippen molar-refractivity contribution in [3.63, 3.8) is 0 Å². The van der Waals surface area contributed by atoms with Crippen molar-refractivity contribution in [1.82, 2.24) is 14.9 Å². The molecule has 2 aromatic heterocycles. The maximum absolute atomic E-state index is 13.1. The first-order valence-corrected chi connectivity index (χ1v) is 10.5. The number of nitrogens with one attached hydrogen (secondary N) is 1. The number of carbonyl (C=O) groups is 2. The molecule has 0 unspecified atom stereocenters. The zero-order valence-corrected chi connectivity index (χ0v) is 16.8. The molecule has 2 heterocycles. The van der Waals surface area contributed by atoms with E-state index < -0.39 is 5.91 Å². The molecule has 3 N–H and O–H groups in total. The molecule has 1 aliphatic carbocycles. The minimum absolute atomic E-state index is 0.0461. The number of hydrogen-bond donors (Lipinski definition) is 2. The molecular formula is C18H22N4O3S2. The van der Waals surface area contributed by atoms with Gasteiger partial charge < -0.3 is 11.1 Å². The minimum atomic E-state index is -0.602. The Morgan fingerprint density at radius 2 is 2.30 bits per heavy atom. The highest BCUT2D eigenvalue weighted by atomic mass is 32.2. The molecule has 144 valence electrons. The van der Waals surface area contributed by atoms with E-state index in [1.165, 1.54) is 16.6 Å². The maximum Gasteiger partial charge on any atom is 0.263 e. The van der Waals surface area contributed by atoms with E-state index in [-0.39, 0.29) is 23.8 Å². The predicted octanol–water partition coefficient (Wildman–Crippen LogP) is 1.46. The summed E-state index contributed by atoms with van der Waals surface area (Å²) in [5.74, 6) is -0.277. The van der Waals surface area contributed by atoms with Crippen LogP contribution in [0.1, 0.15) is 23.8 Å². The summed E-state index contributed by atoms with van der Waals surface area (Å²) in [6, 6.07) is 0. The van der Waals surface area contributed by atoms with E-state index in [1.807, 2.05) is 0 Å². The monoisotopic (exact) mass is 406 g/mol. The van der Waals surface area contributed by atoms with E-state index in [1.54, 1.807) is 22.0 Å². The molecule has 27 heavy (non-hydrogen) atoms. The summed E-state index contributed by atoms with van der Waals surface area (Å²) in [6.45, 7) is 6.07. The van der Waals surface area contributed by atoms with E-state index >= 15 is 0 Å². The van der Waals surface area contributed by atoms with Crippen molar-refractivity contribution >= 4 is 45.1 Å². The first kappa shape index (κ1) is 19.6. The molecule has 0 saturated heterocycles. The van der Waals surface area contributed by atoms with Gasteiger partial charge in [0.05, 0.1) is 17.7 Å². The molecule has 1 atom stereocenters. The van der Waals surface area contributed by atoms with E-state index in [0.29, 0.717) is 23.0 Å². The standard InChI is InChI=1S/C18H22N4O3S2/c1-3-6-22-17(25)15-11-5-4-10(2)7-12(11)27-16(15)21-18(22)26-9-14(24)20-8-13(19)23/h3,10H,1,4-9H2,2H3,(H2,19,23)(H,20,24)/t10-/m1/s1. The predicted molar refractivity (Wildman–Crippen MR) is 108 cm³/mol. The fourth-order valence-corrected chi connectivity index (χ4v) is 5.43. The average Bonchev–Trinajstić information content (AvgIpc) is 2.98. The van der Waals surface area contributed by atoms with E-state index in [4.69, 9.17) is 5.73 Å². The van der Waals surface area contributed by atoms with Gasteiger partial charge in [0.2, 0.25) is 11.8 Å². The van der Waals surface area contributed by atoms with Crippen LogP contribution >= 0.6 is 23.1 Å². The molecule has 0 bridgehead atoms. The van der Waals surface area contributed by atoms with Gasteiger partial charge in [0.1, 0.15) is 4.83 Å². The van der Waals surface area contributed by atoms with Crippen molar-refractivity contribution < 1.29 is 9.59 Å². The van der Waals surface area contributed by atoms with Crippen LogP contribution in [0.3, 0.4) is 0 Å². The summed E-state index contributed by atoms with van der Waals surface area (Å²) in [7, 11) is 0. The Labute approximate surface area is 165 Å². The van der Waals surface area contributed by atoms with Crippen LogP contribution in [0, 0.1) is 5.92 Å². The second-order valence-corrected chi connectivity index (χ2v) is 8.69. The zero-order valence-electron chi connectivity index (χ0n) is 15.1. The molecule has 9 heteroatoms. The molecule has 0 radical (unpaired) electrons. The smallest absolute Gasteiger partial charge is 0.263 e. The van der Waals surface area contributed by atoms with Crippen molar-refractivity contribution in [3.05, 3.63) is 33.4 Å². The number of nitrogens with zero attached hydrogens (tertiary/aromatic N) is 2. The van der Waals surface area contributed by atoms with Crippen LogP contribution in [0.25, 0.3) is 10.2 Å². The number of rotatable bonds is 7. The number of hydrogen-bond acceptors (Lipinski definition) is 6. The number of primary amides is 1. The summed E-state index contributed by atoms with van der Waals surface area (Å²) in [5, 5.41) is 3.63. The van der Waals surface area contributed by atoms with Crippen LogP contribution in [0.5, 0.6) is 0 Å². The lowest BCUT2D eigenvalue weighted by Crippen LogP contribution is -2.34. The Morgan fingerprint density at radius 3 is 3.00 bits per heavy atom. The summed E-state index contributed by atoms with van der Waals surface area (Å²) in [5.41, 5.74) is 6.08. The largest absolute Gasteiger partial charge is 0.368 e. The fraction of sp³-hybridized carbons (Fsp3) is 0.444. The Kier molecular flexibility index (Phi) is 6.01. The van der Waals surface area contributed by atoms with Gasteiger partial charge in [-0.15, -0.1) is 17.9 Å². The van der Waals surface area contributed by atoms with Crippen molar-refractivity contribution in [2.45, 2.75) is 37.9 Å². The van der Waals surface area contributed by atoms with Crippen LogP contribution < -0.4 is 16.6 Å². The Bertz CT molecular complexity index is 964. The van der Waals surface area contributed by atoms with Crippen LogP contribution in [0.2, 0.25) is 0 Å². The van der Waals surface area contributed by atoms with Crippen molar-refractivity contribution in [2.24, 2.45) is 11.7 Å². The highest BCUT2D eigenvalue weighted by Gasteiger charge is 2.24. The molecule has 2 aromatic rings. The van der Waals surface area contributed by atoms with Gasteiger partial charge in [-0.05, 0) is 30.7 Å².